The maximum Gasteiger partial charge on any atom is 0.586 e. The van der Waals surface area contributed by atoms with Crippen LogP contribution in [-0.2, 0) is 9.13 Å². The van der Waals surface area contributed by atoms with Gasteiger partial charge in [0.15, 0.2) is 37.3 Å². The quantitative estimate of drug-likeness (QED) is 0.0942. The number of ether oxygens (including phenoxy) is 6. The molecule has 14 heteroatoms. The van der Waals surface area contributed by atoms with Gasteiger partial charge in [0.25, 0.3) is 0 Å². The Labute approximate surface area is 344 Å². The van der Waals surface area contributed by atoms with Crippen LogP contribution in [0.1, 0.15) is 36.1 Å². The van der Waals surface area contributed by atoms with Crippen molar-refractivity contribution in [3.05, 3.63) is 131 Å². The zero-order chi connectivity index (χ0) is 42.8. The lowest BCUT2D eigenvalue weighted by Gasteiger charge is -2.27. The van der Waals surface area contributed by atoms with E-state index in [2.05, 4.69) is 0 Å². The van der Waals surface area contributed by atoms with Crippen molar-refractivity contribution in [1.82, 2.24) is 0 Å². The summed E-state index contributed by atoms with van der Waals surface area (Å²) in [6.45, 7) is 10.6. The Balaban J connectivity index is 1.58. The van der Waals surface area contributed by atoms with E-state index < -0.39 is 49.9 Å². The second-order valence-corrected chi connectivity index (χ2v) is 20.1. The Hall–Kier alpha value is -5.70. The predicted octanol–water partition coefficient (Wildman–Crippen LogP) is 9.31. The summed E-state index contributed by atoms with van der Waals surface area (Å²) in [5.74, 6) is -3.10. The first-order valence-electron chi connectivity index (χ1n) is 19.2. The topological polar surface area (TPSA) is 89.5 Å². The highest BCUT2D eigenvalue weighted by Crippen LogP contribution is 2.62. The number of fused-ring (bicyclic) bond motifs is 2. The van der Waals surface area contributed by atoms with Crippen molar-refractivity contribution in [3.63, 3.8) is 0 Å². The van der Waals surface area contributed by atoms with Crippen LogP contribution in [0.4, 0.5) is 17.6 Å². The normalized spacial score (nSPS) is 14.9. The van der Waals surface area contributed by atoms with Gasteiger partial charge in [0.05, 0.1) is 18.5 Å². The van der Waals surface area contributed by atoms with Crippen LogP contribution in [0, 0.1) is 27.7 Å². The fourth-order valence-electron chi connectivity index (χ4n) is 7.47. The summed E-state index contributed by atoms with van der Waals surface area (Å²) in [5, 5.41) is 0.913. The van der Waals surface area contributed by atoms with Gasteiger partial charge in [-0.3, -0.25) is 0 Å². The molecule has 60 heavy (non-hydrogen) atoms. The SMILES string of the molecule is CCOc1cc(P(=O)(c2ccc(C)cc2)c2ccc(C)cc2)c(-c2cc(P(=O)(c3ccc(C)cc3)c3ccc(C)cc3)c(OCC)c3c2OC(F)(F)O3)c2c1OC(F)(F)O2. The first-order chi connectivity index (χ1) is 28.5. The average molecular weight is 859 g/mol. The second-order valence-electron chi connectivity index (χ2n) is 14.6. The molecule has 0 saturated carbocycles. The summed E-state index contributed by atoms with van der Waals surface area (Å²) in [4.78, 5) is 0. The van der Waals surface area contributed by atoms with Crippen LogP contribution in [-0.4, -0.2) is 25.8 Å². The average Bonchev–Trinajstić information content (AvgIpc) is 3.73. The molecule has 0 aromatic heterocycles. The van der Waals surface area contributed by atoms with Crippen molar-refractivity contribution in [1.29, 1.82) is 0 Å². The van der Waals surface area contributed by atoms with Gasteiger partial charge in [-0.15, -0.1) is 17.6 Å². The molecule has 0 saturated heterocycles. The summed E-state index contributed by atoms with van der Waals surface area (Å²) < 4.78 is 128. The van der Waals surface area contributed by atoms with E-state index in [0.717, 1.165) is 22.3 Å². The molecule has 8 rings (SSSR count). The first kappa shape index (κ1) is 41.1. The monoisotopic (exact) mass is 858 g/mol. The Bertz CT molecular complexity index is 2620. The lowest BCUT2D eigenvalue weighted by molar-refractivity contribution is -0.288. The highest BCUT2D eigenvalue weighted by molar-refractivity contribution is 7.86. The minimum absolute atomic E-state index is 0.0262. The zero-order valence-electron chi connectivity index (χ0n) is 33.5. The highest BCUT2D eigenvalue weighted by Gasteiger charge is 2.53. The van der Waals surface area contributed by atoms with Gasteiger partial charge in [0.2, 0.25) is 11.5 Å². The van der Waals surface area contributed by atoms with Crippen molar-refractivity contribution in [3.8, 4) is 45.6 Å². The van der Waals surface area contributed by atoms with E-state index >= 15 is 26.7 Å². The zero-order valence-corrected chi connectivity index (χ0v) is 35.3. The van der Waals surface area contributed by atoms with Gasteiger partial charge in [-0.25, -0.2) is 0 Å². The summed E-state index contributed by atoms with van der Waals surface area (Å²) in [6.07, 6.45) is -8.59. The number of halogens is 4. The number of alkyl halides is 4. The molecule has 2 aliphatic heterocycles. The largest absolute Gasteiger partial charge is 0.586 e. The maximum atomic E-state index is 16.5. The Morgan fingerprint density at radius 2 is 0.850 bits per heavy atom. The first-order valence-corrected chi connectivity index (χ1v) is 22.6. The molecule has 6 aromatic rings. The fraction of sp³-hybridized carbons (Fsp3) is 0.217. The molecule has 0 bridgehead atoms. The Morgan fingerprint density at radius 1 is 0.483 bits per heavy atom. The van der Waals surface area contributed by atoms with Gasteiger partial charge in [0, 0.05) is 37.6 Å². The molecule has 0 radical (unpaired) electrons. The molecule has 0 fully saturated rings. The van der Waals surface area contributed by atoms with Crippen LogP contribution in [0.3, 0.4) is 0 Å². The molecule has 0 unspecified atom stereocenters. The highest BCUT2D eigenvalue weighted by atomic mass is 31.2. The van der Waals surface area contributed by atoms with Gasteiger partial charge >= 0.3 is 12.6 Å². The Morgan fingerprint density at radius 3 is 1.27 bits per heavy atom. The molecular formula is C46H40F4O8P2. The lowest BCUT2D eigenvalue weighted by Crippen LogP contribution is -2.29. The Kier molecular flexibility index (Phi) is 10.3. The number of aryl methyl sites for hydroxylation is 4. The van der Waals surface area contributed by atoms with Gasteiger partial charge < -0.3 is 37.6 Å². The third-order valence-electron chi connectivity index (χ3n) is 10.4. The van der Waals surface area contributed by atoms with Crippen molar-refractivity contribution in [2.45, 2.75) is 54.1 Å². The van der Waals surface area contributed by atoms with Gasteiger partial charge in [-0.05, 0) is 53.7 Å². The molecule has 0 aliphatic carbocycles. The second kappa shape index (κ2) is 15.1. The van der Waals surface area contributed by atoms with E-state index in [4.69, 9.17) is 28.4 Å². The summed E-state index contributed by atoms with van der Waals surface area (Å²) >= 11 is 0. The summed E-state index contributed by atoms with van der Waals surface area (Å²) in [5.41, 5.74) is 2.70. The van der Waals surface area contributed by atoms with Crippen molar-refractivity contribution < 1.29 is 55.1 Å². The van der Waals surface area contributed by atoms with Gasteiger partial charge in [-0.1, -0.05) is 119 Å². The molecule has 2 heterocycles. The number of hydrogen-bond donors (Lipinski definition) is 0. The predicted molar refractivity (Wildman–Crippen MR) is 224 cm³/mol. The van der Waals surface area contributed by atoms with Gasteiger partial charge in [-0.2, -0.15) is 0 Å². The lowest BCUT2D eigenvalue weighted by atomic mass is 10.0. The van der Waals surface area contributed by atoms with Crippen LogP contribution in [0.25, 0.3) is 11.1 Å². The van der Waals surface area contributed by atoms with Crippen LogP contribution >= 0.6 is 14.3 Å². The number of rotatable bonds is 11. The minimum atomic E-state index is -4.31. The van der Waals surface area contributed by atoms with E-state index in [1.54, 1.807) is 111 Å². The van der Waals surface area contributed by atoms with Gasteiger partial charge in [0.1, 0.15) is 0 Å². The molecule has 6 aromatic carbocycles. The third-order valence-corrected chi connectivity index (χ3v) is 16.5. The van der Waals surface area contributed by atoms with E-state index in [-0.39, 0.29) is 57.1 Å². The fourth-order valence-corrected chi connectivity index (χ4v) is 13.0. The molecule has 0 amide bonds. The van der Waals surface area contributed by atoms with Crippen LogP contribution in [0.5, 0.6) is 34.5 Å². The smallest absolute Gasteiger partial charge is 0.490 e. The van der Waals surface area contributed by atoms with E-state index in [0.29, 0.717) is 10.6 Å². The molecule has 310 valence electrons. The van der Waals surface area contributed by atoms with Crippen molar-refractivity contribution in [2.75, 3.05) is 13.2 Å². The molecule has 2 aliphatic rings. The van der Waals surface area contributed by atoms with E-state index in [1.165, 1.54) is 12.1 Å². The minimum Gasteiger partial charge on any atom is -0.490 e. The van der Waals surface area contributed by atoms with Crippen molar-refractivity contribution >= 4 is 46.1 Å². The third kappa shape index (κ3) is 6.99. The molecule has 8 nitrogen and oxygen atoms in total. The number of benzene rings is 6. The standard InChI is InChI=1S/C46H40F4O8P2/c1-7-53-36-26-37(59(51,31-17-9-27(3)10-18-31)32-19-11-28(4)12-20-32)39(43-41(36)56-46(49,50)57-43)35-25-38(42(54-8-2)44-40(35)55-45(47,48)58-44)60(52,33-21-13-29(5)14-22-33)34-23-15-30(6)16-24-34/h9-26H,7-8H2,1-6H3. The van der Waals surface area contributed by atoms with Crippen LogP contribution in [0.15, 0.2) is 109 Å². The molecule has 0 spiro atoms. The van der Waals surface area contributed by atoms with E-state index in [1.807, 2.05) is 27.7 Å². The van der Waals surface area contributed by atoms with E-state index in [9.17, 15) is 0 Å². The molecule has 0 atom stereocenters. The molecular weight excluding hydrogens is 818 g/mol. The summed E-state index contributed by atoms with van der Waals surface area (Å²) in [6, 6.07) is 30.0. The summed E-state index contributed by atoms with van der Waals surface area (Å²) in [7, 11) is -8.43. The number of hydrogen-bond acceptors (Lipinski definition) is 8. The van der Waals surface area contributed by atoms with Crippen LogP contribution < -0.4 is 60.2 Å². The van der Waals surface area contributed by atoms with Crippen molar-refractivity contribution in [2.24, 2.45) is 0 Å². The molecule has 0 N–H and O–H groups in total. The van der Waals surface area contributed by atoms with Crippen LogP contribution in [0.2, 0.25) is 0 Å². The maximum absolute atomic E-state index is 16.5.